The third kappa shape index (κ3) is 5.16. The lowest BCUT2D eigenvalue weighted by molar-refractivity contribution is -0.154. The van der Waals surface area contributed by atoms with Crippen LogP contribution in [0.1, 0.15) is 37.4 Å². The average Bonchev–Trinajstić information content (AvgIpc) is 3.18. The first-order valence-electron chi connectivity index (χ1n) is 9.63. The maximum absolute atomic E-state index is 12.8. The van der Waals surface area contributed by atoms with E-state index in [1.54, 1.807) is 7.11 Å². The fourth-order valence-corrected chi connectivity index (χ4v) is 3.12. The number of amides is 1. The van der Waals surface area contributed by atoms with Gasteiger partial charge in [0, 0.05) is 6.42 Å². The van der Waals surface area contributed by atoms with Crippen molar-refractivity contribution in [2.24, 2.45) is 5.92 Å². The van der Waals surface area contributed by atoms with Gasteiger partial charge >= 0.3 is 5.97 Å². The molecule has 29 heavy (non-hydrogen) atoms. The lowest BCUT2D eigenvalue weighted by atomic mass is 10.0. The van der Waals surface area contributed by atoms with Gasteiger partial charge in [0.25, 0.3) is 5.91 Å². The Kier molecular flexibility index (Phi) is 6.54. The number of methoxy groups -OCH3 is 1. The molecule has 6 heteroatoms. The Labute approximate surface area is 171 Å². The fourth-order valence-electron chi connectivity index (χ4n) is 3.12. The Balaban J connectivity index is 1.80. The van der Waals surface area contributed by atoms with Crippen molar-refractivity contribution in [3.8, 4) is 5.75 Å². The molecule has 0 saturated heterocycles. The van der Waals surface area contributed by atoms with Crippen LogP contribution in [0.4, 0.5) is 0 Å². The quantitative estimate of drug-likeness (QED) is 0.725. The van der Waals surface area contributed by atoms with Crippen LogP contribution in [0.15, 0.2) is 60.7 Å². The number of hydrogen-bond donors (Lipinski definition) is 1. The minimum absolute atomic E-state index is 0.181. The third-order valence-electron chi connectivity index (χ3n) is 4.59. The van der Waals surface area contributed by atoms with E-state index in [9.17, 15) is 9.59 Å². The predicted molar refractivity (Wildman–Crippen MR) is 111 cm³/mol. The van der Waals surface area contributed by atoms with E-state index in [0.717, 1.165) is 22.6 Å². The van der Waals surface area contributed by atoms with Gasteiger partial charge in [-0.05, 0) is 35.3 Å². The maximum Gasteiger partial charge on any atom is 0.306 e. The summed E-state index contributed by atoms with van der Waals surface area (Å²) < 4.78 is 10.4. The Bertz CT molecular complexity index is 876. The summed E-state index contributed by atoms with van der Waals surface area (Å²) in [5.41, 5.74) is 5.89. The van der Waals surface area contributed by atoms with Crippen molar-refractivity contribution in [2.45, 2.75) is 26.3 Å². The summed E-state index contributed by atoms with van der Waals surface area (Å²) in [6.45, 7) is 3.56. The second-order valence-electron chi connectivity index (χ2n) is 7.30. The summed E-state index contributed by atoms with van der Waals surface area (Å²) in [5, 5.41) is 1.51. The zero-order valence-electron chi connectivity index (χ0n) is 16.9. The molecule has 1 atom stereocenters. The highest BCUT2D eigenvalue weighted by Gasteiger charge is 2.31. The number of carbonyl (C=O) groups excluding carboxylic acids is 2. The van der Waals surface area contributed by atoms with Crippen LogP contribution in [0.3, 0.4) is 0 Å². The van der Waals surface area contributed by atoms with Crippen molar-refractivity contribution in [3.63, 3.8) is 0 Å². The van der Waals surface area contributed by atoms with Gasteiger partial charge in [0.1, 0.15) is 5.75 Å². The second kappa shape index (κ2) is 9.28. The van der Waals surface area contributed by atoms with Crippen molar-refractivity contribution >= 4 is 17.6 Å². The molecule has 0 aromatic heterocycles. The van der Waals surface area contributed by atoms with Crippen molar-refractivity contribution < 1.29 is 19.1 Å². The first kappa shape index (κ1) is 20.5. The molecular weight excluding hydrogens is 368 g/mol. The van der Waals surface area contributed by atoms with Gasteiger partial charge in [0.05, 0.1) is 18.8 Å². The lowest BCUT2D eigenvalue weighted by Crippen LogP contribution is -2.42. The summed E-state index contributed by atoms with van der Waals surface area (Å²) in [7, 11) is 1.61. The highest BCUT2D eigenvalue weighted by atomic mass is 16.5. The molecule has 0 spiro atoms. The predicted octanol–water partition coefficient (Wildman–Crippen LogP) is 3.71. The van der Waals surface area contributed by atoms with E-state index >= 15 is 0 Å². The number of nitrogens with zero attached hydrogens (tertiary/aromatic N) is 1. The Hall–Kier alpha value is -3.28. The van der Waals surface area contributed by atoms with Gasteiger partial charge in [0.2, 0.25) is 0 Å². The van der Waals surface area contributed by atoms with E-state index in [0.29, 0.717) is 0 Å². The number of nitrogens with one attached hydrogen (secondary N) is 1. The highest BCUT2D eigenvalue weighted by molar-refractivity contribution is 5.83. The SMILES string of the molecule is COc1ccc([C@@H]2C=C(c3ccccc3)NN2C(=O)COC(=O)CC(C)C)cc1. The van der Waals surface area contributed by atoms with Gasteiger partial charge in [-0.25, -0.2) is 5.01 Å². The van der Waals surface area contributed by atoms with E-state index in [1.165, 1.54) is 5.01 Å². The number of esters is 1. The molecule has 1 heterocycles. The van der Waals surface area contributed by atoms with E-state index < -0.39 is 0 Å². The summed E-state index contributed by atoms with van der Waals surface area (Å²) in [6, 6.07) is 17.0. The number of carbonyl (C=O) groups is 2. The van der Waals surface area contributed by atoms with Crippen molar-refractivity contribution in [3.05, 3.63) is 71.8 Å². The molecule has 1 aliphatic heterocycles. The van der Waals surface area contributed by atoms with Gasteiger partial charge < -0.3 is 9.47 Å². The van der Waals surface area contributed by atoms with Crippen LogP contribution in [-0.4, -0.2) is 30.6 Å². The molecule has 3 rings (SSSR count). The van der Waals surface area contributed by atoms with E-state index in [-0.39, 0.29) is 36.9 Å². The topological polar surface area (TPSA) is 67.9 Å². The minimum Gasteiger partial charge on any atom is -0.497 e. The summed E-state index contributed by atoms with van der Waals surface area (Å²) >= 11 is 0. The van der Waals surface area contributed by atoms with Gasteiger partial charge in [-0.3, -0.25) is 15.0 Å². The number of benzene rings is 2. The smallest absolute Gasteiger partial charge is 0.306 e. The standard InChI is InChI=1S/C23H26N2O4/c1-16(2)13-23(27)29-15-22(26)25-21(18-9-11-19(28-3)12-10-18)14-20(24-25)17-7-5-4-6-8-17/h4-12,14,16,21,24H,13,15H2,1-3H3/t21-/m0/s1. The zero-order chi connectivity index (χ0) is 20.8. The van der Waals surface area contributed by atoms with Gasteiger partial charge in [0.15, 0.2) is 6.61 Å². The molecule has 2 aromatic carbocycles. The van der Waals surface area contributed by atoms with Crippen molar-refractivity contribution in [2.75, 3.05) is 13.7 Å². The molecule has 0 radical (unpaired) electrons. The molecule has 1 N–H and O–H groups in total. The first-order chi connectivity index (χ1) is 14.0. The lowest BCUT2D eigenvalue weighted by Gasteiger charge is -2.25. The summed E-state index contributed by atoms with van der Waals surface area (Å²) in [5.74, 6) is 0.239. The molecule has 0 bridgehead atoms. The number of ether oxygens (including phenoxy) is 2. The Morgan fingerprint density at radius 3 is 2.38 bits per heavy atom. The van der Waals surface area contributed by atoms with Gasteiger partial charge in [-0.15, -0.1) is 0 Å². The van der Waals surface area contributed by atoms with Crippen LogP contribution in [-0.2, 0) is 14.3 Å². The van der Waals surface area contributed by atoms with Crippen LogP contribution in [0.2, 0.25) is 0 Å². The van der Waals surface area contributed by atoms with Crippen LogP contribution in [0.25, 0.3) is 5.70 Å². The second-order valence-corrected chi connectivity index (χ2v) is 7.30. The monoisotopic (exact) mass is 394 g/mol. The maximum atomic E-state index is 12.8. The zero-order valence-corrected chi connectivity index (χ0v) is 16.9. The molecule has 1 aliphatic rings. The Morgan fingerprint density at radius 1 is 1.07 bits per heavy atom. The molecule has 0 unspecified atom stereocenters. The van der Waals surface area contributed by atoms with Gasteiger partial charge in [-0.1, -0.05) is 56.3 Å². The van der Waals surface area contributed by atoms with E-state index in [1.807, 2.05) is 74.5 Å². The summed E-state index contributed by atoms with van der Waals surface area (Å²) in [4.78, 5) is 24.7. The van der Waals surface area contributed by atoms with Gasteiger partial charge in [-0.2, -0.15) is 0 Å². The Morgan fingerprint density at radius 2 is 1.76 bits per heavy atom. The van der Waals surface area contributed by atoms with E-state index in [4.69, 9.17) is 9.47 Å². The van der Waals surface area contributed by atoms with Crippen LogP contribution in [0, 0.1) is 5.92 Å². The molecule has 6 nitrogen and oxygen atoms in total. The average molecular weight is 394 g/mol. The van der Waals surface area contributed by atoms with Crippen molar-refractivity contribution in [1.29, 1.82) is 0 Å². The highest BCUT2D eigenvalue weighted by Crippen LogP contribution is 2.32. The number of hydrazine groups is 1. The van der Waals surface area contributed by atoms with Crippen LogP contribution >= 0.6 is 0 Å². The minimum atomic E-state index is -0.371. The molecule has 0 saturated carbocycles. The summed E-state index contributed by atoms with van der Waals surface area (Å²) in [6.07, 6.45) is 2.28. The number of hydrogen-bond acceptors (Lipinski definition) is 5. The molecule has 2 aromatic rings. The van der Waals surface area contributed by atoms with Crippen LogP contribution < -0.4 is 10.2 Å². The van der Waals surface area contributed by atoms with Crippen molar-refractivity contribution in [1.82, 2.24) is 10.4 Å². The molecule has 152 valence electrons. The normalized spacial score (nSPS) is 15.7. The first-order valence-corrected chi connectivity index (χ1v) is 9.63. The van der Waals surface area contributed by atoms with Crippen LogP contribution in [0.5, 0.6) is 5.75 Å². The molecule has 1 amide bonds. The van der Waals surface area contributed by atoms with E-state index in [2.05, 4.69) is 5.43 Å². The fraction of sp³-hybridized carbons (Fsp3) is 0.304. The third-order valence-corrected chi connectivity index (χ3v) is 4.59. The number of rotatable bonds is 7. The molecule has 0 aliphatic carbocycles. The molecule has 0 fully saturated rings. The largest absolute Gasteiger partial charge is 0.497 e. The molecular formula is C23H26N2O4.